The number of methoxy groups -OCH3 is 1. The molecule has 2 aromatic carbocycles. The molecule has 4 heteroatoms. The first-order valence-electron chi connectivity index (χ1n) is 6.64. The fourth-order valence-corrected chi connectivity index (χ4v) is 2.18. The zero-order chi connectivity index (χ0) is 15.3. The van der Waals surface area contributed by atoms with Crippen molar-refractivity contribution in [2.24, 2.45) is 0 Å². The summed E-state index contributed by atoms with van der Waals surface area (Å²) in [5.74, 6) is 0.341. The molecule has 0 radical (unpaired) electrons. The molecule has 1 unspecified atom stereocenters. The number of rotatable bonds is 5. The van der Waals surface area contributed by atoms with Gasteiger partial charge in [0, 0.05) is 6.42 Å². The number of para-hydroxylation sites is 2. The van der Waals surface area contributed by atoms with E-state index in [2.05, 4.69) is 11.4 Å². The van der Waals surface area contributed by atoms with E-state index in [0.29, 0.717) is 17.0 Å². The number of nitrogens with zero attached hydrogens (tertiary/aromatic N) is 1. The number of anilines is 1. The minimum atomic E-state index is -0.934. The summed E-state index contributed by atoms with van der Waals surface area (Å²) < 4.78 is 19.0. The van der Waals surface area contributed by atoms with Crippen molar-refractivity contribution in [2.75, 3.05) is 12.4 Å². The molecule has 0 saturated carbocycles. The van der Waals surface area contributed by atoms with E-state index < -0.39 is 5.54 Å². The van der Waals surface area contributed by atoms with Gasteiger partial charge in [0.25, 0.3) is 0 Å². The molecule has 0 amide bonds. The third kappa shape index (κ3) is 3.51. The third-order valence-corrected chi connectivity index (χ3v) is 3.27. The van der Waals surface area contributed by atoms with Crippen LogP contribution in [0.5, 0.6) is 5.75 Å². The molecule has 0 fully saturated rings. The molecule has 0 aliphatic heterocycles. The van der Waals surface area contributed by atoms with Crippen LogP contribution in [0.25, 0.3) is 0 Å². The Hall–Kier alpha value is -2.54. The Morgan fingerprint density at radius 3 is 2.52 bits per heavy atom. The van der Waals surface area contributed by atoms with Gasteiger partial charge in [0.05, 0.1) is 18.9 Å². The van der Waals surface area contributed by atoms with Gasteiger partial charge in [0.2, 0.25) is 0 Å². The van der Waals surface area contributed by atoms with Crippen LogP contribution in [0.2, 0.25) is 0 Å². The van der Waals surface area contributed by atoms with Crippen LogP contribution in [-0.4, -0.2) is 12.6 Å². The largest absolute Gasteiger partial charge is 0.495 e. The minimum Gasteiger partial charge on any atom is -0.495 e. The van der Waals surface area contributed by atoms with Crippen molar-refractivity contribution < 1.29 is 9.13 Å². The Bertz CT molecular complexity index is 666. The van der Waals surface area contributed by atoms with E-state index in [1.165, 1.54) is 6.07 Å². The third-order valence-electron chi connectivity index (χ3n) is 3.27. The molecule has 108 valence electrons. The number of hydrogen-bond acceptors (Lipinski definition) is 3. The SMILES string of the molecule is COc1ccccc1NC(C)(C#N)Cc1ccccc1F. The molecule has 3 nitrogen and oxygen atoms in total. The lowest BCUT2D eigenvalue weighted by molar-refractivity contribution is 0.415. The molecule has 0 aromatic heterocycles. The Morgan fingerprint density at radius 1 is 1.19 bits per heavy atom. The van der Waals surface area contributed by atoms with Crippen LogP contribution in [0.1, 0.15) is 12.5 Å². The number of ether oxygens (including phenoxy) is 1. The maximum absolute atomic E-state index is 13.8. The Labute approximate surface area is 124 Å². The minimum absolute atomic E-state index is 0.258. The second-order valence-corrected chi connectivity index (χ2v) is 5.04. The maximum atomic E-state index is 13.8. The molecule has 21 heavy (non-hydrogen) atoms. The smallest absolute Gasteiger partial charge is 0.141 e. The van der Waals surface area contributed by atoms with E-state index in [1.807, 2.05) is 24.3 Å². The van der Waals surface area contributed by atoms with Crippen LogP contribution in [0.15, 0.2) is 48.5 Å². The van der Waals surface area contributed by atoms with Gasteiger partial charge in [0.15, 0.2) is 0 Å². The van der Waals surface area contributed by atoms with Crippen LogP contribution in [-0.2, 0) is 6.42 Å². The molecule has 1 atom stereocenters. The van der Waals surface area contributed by atoms with Gasteiger partial charge in [-0.3, -0.25) is 0 Å². The second-order valence-electron chi connectivity index (χ2n) is 5.04. The lowest BCUT2D eigenvalue weighted by Crippen LogP contribution is -2.36. The highest BCUT2D eigenvalue weighted by Crippen LogP contribution is 2.28. The first-order valence-corrected chi connectivity index (χ1v) is 6.64. The highest BCUT2D eigenvalue weighted by atomic mass is 19.1. The zero-order valence-electron chi connectivity index (χ0n) is 12.1. The Balaban J connectivity index is 2.26. The van der Waals surface area contributed by atoms with Crippen molar-refractivity contribution in [3.05, 3.63) is 59.9 Å². The van der Waals surface area contributed by atoms with Crippen LogP contribution < -0.4 is 10.1 Å². The van der Waals surface area contributed by atoms with Crippen LogP contribution in [0, 0.1) is 17.1 Å². The standard InChI is InChI=1S/C17H17FN2O/c1-17(12-19,11-13-7-3-4-8-14(13)18)20-15-9-5-6-10-16(15)21-2/h3-10,20H,11H2,1-2H3. The normalized spacial score (nSPS) is 13.0. The molecule has 1 N–H and O–H groups in total. The summed E-state index contributed by atoms with van der Waals surface area (Å²) in [6.45, 7) is 1.74. The maximum Gasteiger partial charge on any atom is 0.141 e. The summed E-state index contributed by atoms with van der Waals surface area (Å²) in [6.07, 6.45) is 0.258. The fourth-order valence-electron chi connectivity index (χ4n) is 2.18. The van der Waals surface area contributed by atoms with Crippen molar-refractivity contribution in [1.29, 1.82) is 5.26 Å². The van der Waals surface area contributed by atoms with Crippen LogP contribution in [0.4, 0.5) is 10.1 Å². The monoisotopic (exact) mass is 284 g/mol. The summed E-state index contributed by atoms with van der Waals surface area (Å²) >= 11 is 0. The highest BCUT2D eigenvalue weighted by Gasteiger charge is 2.26. The van der Waals surface area contributed by atoms with Gasteiger partial charge in [-0.2, -0.15) is 5.26 Å². The van der Waals surface area contributed by atoms with Crippen molar-refractivity contribution in [3.63, 3.8) is 0 Å². The molecular formula is C17H17FN2O. The zero-order valence-corrected chi connectivity index (χ0v) is 12.1. The van der Waals surface area contributed by atoms with Crippen molar-refractivity contribution >= 4 is 5.69 Å². The number of benzene rings is 2. The lowest BCUT2D eigenvalue weighted by atomic mass is 9.93. The summed E-state index contributed by atoms with van der Waals surface area (Å²) in [6, 6.07) is 16.0. The van der Waals surface area contributed by atoms with Gasteiger partial charge in [-0.15, -0.1) is 0 Å². The Kier molecular flexibility index (Phi) is 4.44. The van der Waals surface area contributed by atoms with E-state index in [0.717, 1.165) is 0 Å². The molecular weight excluding hydrogens is 267 g/mol. The first-order chi connectivity index (χ1) is 10.1. The summed E-state index contributed by atoms with van der Waals surface area (Å²) in [5, 5.41) is 12.6. The van der Waals surface area contributed by atoms with Gasteiger partial charge < -0.3 is 10.1 Å². The van der Waals surface area contributed by atoms with Gasteiger partial charge >= 0.3 is 0 Å². The molecule has 0 bridgehead atoms. The highest BCUT2D eigenvalue weighted by molar-refractivity contribution is 5.59. The van der Waals surface area contributed by atoms with E-state index in [1.54, 1.807) is 32.2 Å². The van der Waals surface area contributed by atoms with Gasteiger partial charge in [0.1, 0.15) is 17.1 Å². The van der Waals surface area contributed by atoms with E-state index in [9.17, 15) is 9.65 Å². The van der Waals surface area contributed by atoms with E-state index in [4.69, 9.17) is 4.74 Å². The number of nitriles is 1. The van der Waals surface area contributed by atoms with E-state index >= 15 is 0 Å². The molecule has 2 aromatic rings. The molecule has 2 rings (SSSR count). The Morgan fingerprint density at radius 2 is 1.86 bits per heavy atom. The average Bonchev–Trinajstić information content (AvgIpc) is 2.50. The van der Waals surface area contributed by atoms with Gasteiger partial charge in [-0.25, -0.2) is 4.39 Å². The summed E-state index contributed by atoms with van der Waals surface area (Å²) in [4.78, 5) is 0. The van der Waals surface area contributed by atoms with Crippen molar-refractivity contribution in [3.8, 4) is 11.8 Å². The quantitative estimate of drug-likeness (QED) is 0.909. The van der Waals surface area contributed by atoms with Gasteiger partial charge in [-0.05, 0) is 30.7 Å². The molecule has 0 saturated heterocycles. The molecule has 0 spiro atoms. The van der Waals surface area contributed by atoms with E-state index in [-0.39, 0.29) is 12.2 Å². The predicted molar refractivity (Wildman–Crippen MR) is 80.7 cm³/mol. The average molecular weight is 284 g/mol. The van der Waals surface area contributed by atoms with Crippen LogP contribution >= 0.6 is 0 Å². The summed E-state index contributed by atoms with van der Waals surface area (Å²) in [7, 11) is 1.57. The first kappa shape index (κ1) is 14.9. The predicted octanol–water partition coefficient (Wildman–Crippen LogP) is 3.77. The molecule has 0 aliphatic carbocycles. The summed E-state index contributed by atoms with van der Waals surface area (Å²) in [5.41, 5.74) is 0.279. The fraction of sp³-hybridized carbons (Fsp3) is 0.235. The van der Waals surface area contributed by atoms with Crippen molar-refractivity contribution in [1.82, 2.24) is 0 Å². The second kappa shape index (κ2) is 6.27. The molecule has 0 aliphatic rings. The number of hydrogen-bond donors (Lipinski definition) is 1. The molecule has 0 heterocycles. The van der Waals surface area contributed by atoms with Crippen molar-refractivity contribution in [2.45, 2.75) is 18.9 Å². The van der Waals surface area contributed by atoms with Crippen LogP contribution in [0.3, 0.4) is 0 Å². The van der Waals surface area contributed by atoms with Gasteiger partial charge in [-0.1, -0.05) is 30.3 Å². The topological polar surface area (TPSA) is 45.0 Å². The number of nitrogens with one attached hydrogen (secondary N) is 1. The number of halogens is 1. The lowest BCUT2D eigenvalue weighted by Gasteiger charge is -2.26.